The van der Waals surface area contributed by atoms with Crippen molar-refractivity contribution in [1.82, 2.24) is 15.5 Å². The molecule has 1 heterocycles. The van der Waals surface area contributed by atoms with Crippen molar-refractivity contribution in [2.75, 3.05) is 20.2 Å². The van der Waals surface area contributed by atoms with Crippen LogP contribution in [0, 0.1) is 16.0 Å². The number of nitro benzene ring substituents is 1. The normalized spacial score (nSPS) is 16.4. The fourth-order valence-corrected chi connectivity index (χ4v) is 4.48. The molecule has 0 unspecified atom stereocenters. The summed E-state index contributed by atoms with van der Waals surface area (Å²) in [6, 6.07) is 7.25. The highest BCUT2D eigenvalue weighted by atomic mass is 35.5. The Labute approximate surface area is 222 Å². The molecule has 1 aliphatic heterocycles. The van der Waals surface area contributed by atoms with Crippen LogP contribution >= 0.6 is 23.8 Å². The molecule has 1 saturated heterocycles. The number of carboxylic acids is 1. The molecule has 3 N–H and O–H groups in total. The second-order valence-corrected chi connectivity index (χ2v) is 9.26. The molecular formula is C24H25ClN4O7S. The predicted octanol–water partition coefficient (Wildman–Crippen LogP) is 3.73. The number of ether oxygens (including phenoxy) is 1. The lowest BCUT2D eigenvalue weighted by atomic mass is 9.97. The summed E-state index contributed by atoms with van der Waals surface area (Å²) in [5.74, 6) is -2.00. The molecule has 0 saturated carbocycles. The molecule has 2 atom stereocenters. The maximum absolute atomic E-state index is 13.4. The first-order chi connectivity index (χ1) is 17.5. The molecule has 3 amide bonds. The molecule has 0 spiro atoms. The average molecular weight is 549 g/mol. The summed E-state index contributed by atoms with van der Waals surface area (Å²) in [6.45, 7) is 1.81. The van der Waals surface area contributed by atoms with Gasteiger partial charge in [0.1, 0.15) is 11.3 Å². The van der Waals surface area contributed by atoms with E-state index in [1.165, 1.54) is 13.2 Å². The highest BCUT2D eigenvalue weighted by Gasteiger charge is 2.34. The molecule has 0 radical (unpaired) electrons. The Kier molecular flexibility index (Phi) is 9.00. The van der Waals surface area contributed by atoms with Crippen LogP contribution in [0.15, 0.2) is 36.4 Å². The summed E-state index contributed by atoms with van der Waals surface area (Å²) >= 11 is 11.4. The van der Waals surface area contributed by atoms with E-state index in [0.29, 0.717) is 33.3 Å². The number of imide groups is 1. The van der Waals surface area contributed by atoms with Crippen LogP contribution in [0.5, 0.6) is 5.75 Å². The van der Waals surface area contributed by atoms with Crippen molar-refractivity contribution in [3.8, 4) is 5.75 Å². The number of rotatable bonds is 8. The summed E-state index contributed by atoms with van der Waals surface area (Å²) in [5, 5.41) is 26.8. The maximum atomic E-state index is 13.4. The minimum absolute atomic E-state index is 0.141. The van der Waals surface area contributed by atoms with Gasteiger partial charge in [-0.1, -0.05) is 36.8 Å². The minimum Gasteiger partial charge on any atom is -0.496 e. The Morgan fingerprint density at radius 2 is 2.08 bits per heavy atom. The number of carboxylic acid groups (broad SMARTS) is 1. The lowest BCUT2D eigenvalue weighted by molar-refractivity contribution is -0.385. The fraction of sp³-hybridized carbons (Fsp3) is 0.333. The number of carbonyl (C=O) groups is 3. The zero-order valence-electron chi connectivity index (χ0n) is 20.0. The van der Waals surface area contributed by atoms with E-state index in [0.717, 1.165) is 17.0 Å². The number of nitro groups is 1. The highest BCUT2D eigenvalue weighted by molar-refractivity contribution is 7.80. The van der Waals surface area contributed by atoms with Crippen LogP contribution in [-0.4, -0.2) is 58.0 Å². The number of hydrogen-bond donors (Lipinski definition) is 3. The van der Waals surface area contributed by atoms with Crippen LogP contribution < -0.4 is 15.4 Å². The molecule has 37 heavy (non-hydrogen) atoms. The second kappa shape index (κ2) is 12.0. The second-order valence-electron chi connectivity index (χ2n) is 8.33. The summed E-state index contributed by atoms with van der Waals surface area (Å²) < 4.78 is 5.38. The van der Waals surface area contributed by atoms with Crippen LogP contribution in [0.25, 0.3) is 0 Å². The number of methoxy groups -OCH3 is 1. The van der Waals surface area contributed by atoms with Crippen LogP contribution in [0.3, 0.4) is 0 Å². The van der Waals surface area contributed by atoms with Gasteiger partial charge in [-0.3, -0.25) is 19.8 Å². The van der Waals surface area contributed by atoms with Gasteiger partial charge in [0, 0.05) is 17.6 Å². The number of thiocarbonyl (C=S) groups is 1. The molecule has 11 nitrogen and oxygen atoms in total. The maximum Gasteiger partial charge on any atom is 0.342 e. The molecule has 0 aliphatic carbocycles. The molecule has 1 fully saturated rings. The average Bonchev–Trinajstić information content (AvgIpc) is 3.00. The monoisotopic (exact) mass is 548 g/mol. The number of carbonyl (C=O) groups excluding carboxylic acids is 2. The predicted molar refractivity (Wildman–Crippen MR) is 139 cm³/mol. The van der Waals surface area contributed by atoms with Gasteiger partial charge in [0.15, 0.2) is 0 Å². The number of hydrogen-bond acceptors (Lipinski definition) is 7. The van der Waals surface area contributed by atoms with E-state index in [1.54, 1.807) is 25.1 Å². The third-order valence-electron chi connectivity index (χ3n) is 5.97. The standard InChI is InChI=1S/C24H25ClN4O7S/c1-3-18(13-4-6-17(23(31)32)19(10-13)29(34)35)27-24(33)28-12-21(37)26-11-15(22(28)30)8-14-9-16(25)5-7-20(14)36-2/h4-7,9-10,15,18H,3,8,11-12H2,1-2H3,(H,26,37)(H,27,33)(H,31,32)/t15-,18+/m0/s1. The van der Waals surface area contributed by atoms with E-state index in [1.807, 2.05) is 0 Å². The van der Waals surface area contributed by atoms with Gasteiger partial charge in [0.05, 0.1) is 35.5 Å². The number of nitrogens with one attached hydrogen (secondary N) is 2. The van der Waals surface area contributed by atoms with Gasteiger partial charge >= 0.3 is 12.0 Å². The van der Waals surface area contributed by atoms with Gasteiger partial charge in [0.25, 0.3) is 5.69 Å². The van der Waals surface area contributed by atoms with Crippen molar-refractivity contribution in [2.24, 2.45) is 5.92 Å². The first-order valence-electron chi connectivity index (χ1n) is 11.3. The van der Waals surface area contributed by atoms with Gasteiger partial charge in [0.2, 0.25) is 5.91 Å². The van der Waals surface area contributed by atoms with Crippen molar-refractivity contribution < 1.29 is 29.2 Å². The lowest BCUT2D eigenvalue weighted by Gasteiger charge is -2.26. The summed E-state index contributed by atoms with van der Waals surface area (Å²) in [5.41, 5.74) is -0.0332. The molecule has 196 valence electrons. The van der Waals surface area contributed by atoms with E-state index in [9.17, 15) is 29.6 Å². The summed E-state index contributed by atoms with van der Waals surface area (Å²) in [7, 11) is 1.51. The Bertz CT molecular complexity index is 1260. The van der Waals surface area contributed by atoms with Crippen molar-refractivity contribution in [3.05, 3.63) is 68.2 Å². The van der Waals surface area contributed by atoms with E-state index in [2.05, 4.69) is 10.6 Å². The SMILES string of the molecule is CC[C@@H](NC(=O)N1CC(=S)NC[C@H](Cc2cc(Cl)ccc2OC)C1=O)c1ccc(C(=O)O)c([N+](=O)[O-])c1. The van der Waals surface area contributed by atoms with E-state index < -0.39 is 46.0 Å². The number of nitrogens with zero attached hydrogens (tertiary/aromatic N) is 2. The third-order valence-corrected chi connectivity index (χ3v) is 6.48. The van der Waals surface area contributed by atoms with Crippen molar-refractivity contribution >= 4 is 52.4 Å². The van der Waals surface area contributed by atoms with Crippen LogP contribution in [0.2, 0.25) is 5.02 Å². The molecule has 1 aliphatic rings. The third kappa shape index (κ3) is 6.52. The molecule has 0 aromatic heterocycles. The lowest BCUT2D eigenvalue weighted by Crippen LogP contribution is -2.48. The first kappa shape index (κ1) is 27.8. The number of benzene rings is 2. The van der Waals surface area contributed by atoms with Gasteiger partial charge in [-0.25, -0.2) is 9.59 Å². The van der Waals surface area contributed by atoms with Gasteiger partial charge in [-0.2, -0.15) is 0 Å². The van der Waals surface area contributed by atoms with E-state index in [4.69, 9.17) is 28.6 Å². The minimum atomic E-state index is -1.44. The van der Waals surface area contributed by atoms with Crippen LogP contribution in [-0.2, 0) is 11.2 Å². The summed E-state index contributed by atoms with van der Waals surface area (Å²) in [6.07, 6.45) is 0.561. The van der Waals surface area contributed by atoms with Crippen LogP contribution in [0.4, 0.5) is 10.5 Å². The fourth-order valence-electron chi connectivity index (χ4n) is 4.07. The topological polar surface area (TPSA) is 151 Å². The number of aromatic carboxylic acids is 1. The molecular weight excluding hydrogens is 524 g/mol. The van der Waals surface area contributed by atoms with Crippen molar-refractivity contribution in [1.29, 1.82) is 0 Å². The zero-order chi connectivity index (χ0) is 27.3. The van der Waals surface area contributed by atoms with Crippen molar-refractivity contribution in [2.45, 2.75) is 25.8 Å². The molecule has 2 aromatic carbocycles. The van der Waals surface area contributed by atoms with Crippen molar-refractivity contribution in [3.63, 3.8) is 0 Å². The highest BCUT2D eigenvalue weighted by Crippen LogP contribution is 2.28. The number of amides is 3. The van der Waals surface area contributed by atoms with Gasteiger partial charge < -0.3 is 20.5 Å². The van der Waals surface area contributed by atoms with Crippen LogP contribution in [0.1, 0.15) is 40.9 Å². The Morgan fingerprint density at radius 3 is 2.70 bits per heavy atom. The Hall–Kier alpha value is -3.77. The van der Waals surface area contributed by atoms with E-state index in [-0.39, 0.29) is 19.5 Å². The Morgan fingerprint density at radius 1 is 1.35 bits per heavy atom. The van der Waals surface area contributed by atoms with Gasteiger partial charge in [-0.05, 0) is 48.2 Å². The molecule has 3 rings (SSSR count). The zero-order valence-corrected chi connectivity index (χ0v) is 21.6. The largest absolute Gasteiger partial charge is 0.496 e. The molecule has 2 aromatic rings. The first-order valence-corrected chi connectivity index (χ1v) is 12.1. The van der Waals surface area contributed by atoms with Gasteiger partial charge in [-0.15, -0.1) is 0 Å². The number of urea groups is 1. The quantitative estimate of drug-likeness (QED) is 0.254. The Balaban J connectivity index is 1.85. The van der Waals surface area contributed by atoms with E-state index >= 15 is 0 Å². The molecule has 0 bridgehead atoms. The molecule has 13 heteroatoms. The summed E-state index contributed by atoms with van der Waals surface area (Å²) in [4.78, 5) is 49.9. The smallest absolute Gasteiger partial charge is 0.342 e. The number of halogens is 1.